The highest BCUT2D eigenvalue weighted by Gasteiger charge is 2.43. The number of rotatable bonds is 2. The van der Waals surface area contributed by atoms with Gasteiger partial charge >= 0.3 is 0 Å². The summed E-state index contributed by atoms with van der Waals surface area (Å²) in [5.74, 6) is 0.579. The summed E-state index contributed by atoms with van der Waals surface area (Å²) in [4.78, 5) is 2.62. The normalized spacial score (nSPS) is 15.8. The minimum absolute atomic E-state index is 0.0340. The Labute approximate surface area is 323 Å². The fraction of sp³-hybridized carbons (Fsp3) is 0.280. The Bertz CT molecular complexity index is 2830. The number of para-hydroxylation sites is 1. The van der Waals surface area contributed by atoms with Crippen LogP contribution >= 0.6 is 11.3 Å². The van der Waals surface area contributed by atoms with Gasteiger partial charge in [0, 0.05) is 59.2 Å². The highest BCUT2D eigenvalue weighted by molar-refractivity contribution is 7.25. The molecule has 0 saturated heterocycles. The largest absolute Gasteiger partial charge is 0.311 e. The Morgan fingerprint density at radius 3 is 2.07 bits per heavy atom. The van der Waals surface area contributed by atoms with Gasteiger partial charge in [0.25, 0.3) is 6.71 Å². The fourth-order valence-electron chi connectivity index (χ4n) is 10.2. The number of thiophene rings is 1. The summed E-state index contributed by atoms with van der Waals surface area (Å²) in [6.07, 6.45) is 6.53. The Hall–Kier alpha value is -4.80. The molecule has 2 aromatic heterocycles. The van der Waals surface area contributed by atoms with E-state index in [0.29, 0.717) is 5.92 Å². The lowest BCUT2D eigenvalue weighted by atomic mass is 9.33. The molecule has 0 amide bonds. The third-order valence-electron chi connectivity index (χ3n) is 13.1. The SMILES string of the molecule is CC(C)(C)c1ccc(N2c3ccc(C(C)(C)C)cc3B3c4c2cc(C2CCCCC2)cc4-n2c4cc5c(cc4c4cccc3c42)sc2ccccc25)cc1. The van der Waals surface area contributed by atoms with Crippen molar-refractivity contribution in [3.8, 4) is 5.69 Å². The first-order chi connectivity index (χ1) is 26.0. The van der Waals surface area contributed by atoms with Crippen molar-refractivity contribution < 1.29 is 0 Å². The summed E-state index contributed by atoms with van der Waals surface area (Å²) in [5, 5.41) is 5.45. The van der Waals surface area contributed by atoms with Gasteiger partial charge in [0.05, 0.1) is 5.52 Å². The third kappa shape index (κ3) is 4.65. The van der Waals surface area contributed by atoms with Crippen molar-refractivity contribution in [2.45, 2.75) is 90.4 Å². The van der Waals surface area contributed by atoms with E-state index in [2.05, 4.69) is 160 Å². The van der Waals surface area contributed by atoms with E-state index >= 15 is 0 Å². The van der Waals surface area contributed by atoms with E-state index < -0.39 is 0 Å². The molecular formula is C50H47BN2S. The molecule has 6 aromatic carbocycles. The van der Waals surface area contributed by atoms with Crippen molar-refractivity contribution in [3.05, 3.63) is 126 Å². The minimum atomic E-state index is 0.0340. The number of hydrogen-bond donors (Lipinski definition) is 0. The molecule has 1 aliphatic carbocycles. The van der Waals surface area contributed by atoms with Crippen LogP contribution in [0.4, 0.5) is 17.1 Å². The van der Waals surface area contributed by atoms with Gasteiger partial charge in [-0.25, -0.2) is 0 Å². The van der Waals surface area contributed by atoms with Gasteiger partial charge in [-0.1, -0.05) is 121 Å². The zero-order valence-corrected chi connectivity index (χ0v) is 33.2. The summed E-state index contributed by atoms with van der Waals surface area (Å²) in [5.41, 5.74) is 16.6. The molecule has 0 radical (unpaired) electrons. The van der Waals surface area contributed by atoms with Crippen LogP contribution in [0.5, 0.6) is 0 Å². The quantitative estimate of drug-likeness (QED) is 0.162. The lowest BCUT2D eigenvalue weighted by Crippen LogP contribution is -2.60. The van der Waals surface area contributed by atoms with Gasteiger partial charge in [-0.3, -0.25) is 0 Å². The van der Waals surface area contributed by atoms with Crippen molar-refractivity contribution in [2.24, 2.45) is 0 Å². The van der Waals surface area contributed by atoms with E-state index in [-0.39, 0.29) is 17.5 Å². The molecule has 1 fully saturated rings. The van der Waals surface area contributed by atoms with E-state index in [4.69, 9.17) is 0 Å². The van der Waals surface area contributed by atoms with Crippen LogP contribution in [-0.2, 0) is 10.8 Å². The number of benzene rings is 6. The molecule has 11 rings (SSSR count). The van der Waals surface area contributed by atoms with Crippen molar-refractivity contribution in [2.75, 3.05) is 4.90 Å². The molecule has 8 aromatic rings. The lowest BCUT2D eigenvalue weighted by Gasteiger charge is -2.42. The highest BCUT2D eigenvalue weighted by atomic mass is 32.1. The Balaban J connectivity index is 1.28. The zero-order chi connectivity index (χ0) is 36.7. The highest BCUT2D eigenvalue weighted by Crippen LogP contribution is 2.46. The molecular weight excluding hydrogens is 671 g/mol. The van der Waals surface area contributed by atoms with Crippen molar-refractivity contribution in [1.82, 2.24) is 4.57 Å². The molecule has 0 spiro atoms. The number of hydrogen-bond acceptors (Lipinski definition) is 2. The summed E-state index contributed by atoms with van der Waals surface area (Å²) in [7, 11) is 0. The Morgan fingerprint density at radius 1 is 0.574 bits per heavy atom. The van der Waals surface area contributed by atoms with Crippen LogP contribution in [0.3, 0.4) is 0 Å². The summed E-state index contributed by atoms with van der Waals surface area (Å²) in [6, 6.07) is 43.2. The molecule has 0 atom stereocenters. The van der Waals surface area contributed by atoms with Crippen LogP contribution in [0.15, 0.2) is 109 Å². The first-order valence-electron chi connectivity index (χ1n) is 20.2. The molecule has 0 bridgehead atoms. The molecule has 2 nitrogen and oxygen atoms in total. The summed E-state index contributed by atoms with van der Waals surface area (Å²) in [6.45, 7) is 14.1. The first-order valence-corrected chi connectivity index (χ1v) is 21.0. The van der Waals surface area contributed by atoms with Gasteiger partial charge in [-0.15, -0.1) is 11.3 Å². The van der Waals surface area contributed by atoms with Crippen LogP contribution in [0.1, 0.15) is 96.3 Å². The maximum Gasteiger partial charge on any atom is 0.252 e. The predicted octanol–water partition coefficient (Wildman–Crippen LogP) is 12.4. The molecule has 0 N–H and O–H groups in total. The average molecular weight is 719 g/mol. The number of fused-ring (bicyclic) bond motifs is 10. The van der Waals surface area contributed by atoms with Crippen molar-refractivity contribution in [1.29, 1.82) is 0 Å². The molecule has 1 saturated carbocycles. The molecule has 2 aliphatic heterocycles. The van der Waals surface area contributed by atoms with Crippen molar-refractivity contribution >= 4 is 93.5 Å². The van der Waals surface area contributed by atoms with Gasteiger partial charge in [-0.05, 0) is 111 Å². The molecule has 4 heterocycles. The maximum atomic E-state index is 2.69. The Kier molecular flexibility index (Phi) is 6.87. The van der Waals surface area contributed by atoms with E-state index in [1.807, 2.05) is 11.3 Å². The third-order valence-corrected chi connectivity index (χ3v) is 14.2. The van der Waals surface area contributed by atoms with Crippen LogP contribution in [0.2, 0.25) is 0 Å². The predicted molar refractivity (Wildman–Crippen MR) is 236 cm³/mol. The smallest absolute Gasteiger partial charge is 0.252 e. The summed E-state index contributed by atoms with van der Waals surface area (Å²) < 4.78 is 5.42. The van der Waals surface area contributed by atoms with Crippen LogP contribution in [0.25, 0.3) is 47.7 Å². The fourth-order valence-corrected chi connectivity index (χ4v) is 11.4. The first kappa shape index (κ1) is 32.6. The maximum absolute atomic E-state index is 2.69. The number of nitrogens with zero attached hydrogens (tertiary/aromatic N) is 2. The van der Waals surface area contributed by atoms with Crippen LogP contribution < -0.4 is 21.3 Å². The molecule has 54 heavy (non-hydrogen) atoms. The van der Waals surface area contributed by atoms with Gasteiger partial charge in [0.2, 0.25) is 0 Å². The molecule has 266 valence electrons. The van der Waals surface area contributed by atoms with E-state index in [9.17, 15) is 0 Å². The Morgan fingerprint density at radius 2 is 1.30 bits per heavy atom. The van der Waals surface area contributed by atoms with Crippen LogP contribution in [0, 0.1) is 0 Å². The average Bonchev–Trinajstić information content (AvgIpc) is 3.70. The van der Waals surface area contributed by atoms with Gasteiger partial charge in [-0.2, -0.15) is 0 Å². The summed E-state index contributed by atoms with van der Waals surface area (Å²) >= 11 is 1.92. The standard InChI is InChI=1S/C50H47BN2S/c1-49(2,3)32-19-22-34(23-20-32)52-41-24-21-33(50(4,5)6)27-40(41)51-39-17-12-16-36-37-29-46-38(35-15-10-11-18-45(35)54-46)28-42(37)53(48(36)39)44-26-31(25-43(52)47(44)51)30-13-8-7-9-14-30/h10-12,15-30H,7-9,13-14H2,1-6H3. The van der Waals surface area contributed by atoms with Crippen LogP contribution in [-0.4, -0.2) is 11.3 Å². The van der Waals surface area contributed by atoms with E-state index in [0.717, 1.165) is 0 Å². The number of aromatic nitrogens is 1. The zero-order valence-electron chi connectivity index (χ0n) is 32.4. The number of anilines is 3. The molecule has 3 aliphatic rings. The lowest BCUT2D eigenvalue weighted by molar-refractivity contribution is 0.443. The molecule has 0 unspecified atom stereocenters. The topological polar surface area (TPSA) is 8.17 Å². The van der Waals surface area contributed by atoms with E-state index in [1.54, 1.807) is 0 Å². The van der Waals surface area contributed by atoms with E-state index in [1.165, 1.54) is 130 Å². The second-order valence-electron chi connectivity index (χ2n) is 18.4. The monoisotopic (exact) mass is 718 g/mol. The van der Waals surface area contributed by atoms with Gasteiger partial charge in [0.1, 0.15) is 0 Å². The second-order valence-corrected chi connectivity index (χ2v) is 19.5. The van der Waals surface area contributed by atoms with Crippen molar-refractivity contribution in [3.63, 3.8) is 0 Å². The van der Waals surface area contributed by atoms with Gasteiger partial charge in [0.15, 0.2) is 0 Å². The second kappa shape index (κ2) is 11.4. The van der Waals surface area contributed by atoms with Gasteiger partial charge < -0.3 is 9.47 Å². The molecule has 4 heteroatoms. The minimum Gasteiger partial charge on any atom is -0.311 e.